The molecule has 8 bridgehead atoms. The molecule has 2 aliphatic heterocycles. The molecule has 0 unspecified atom stereocenters. The normalized spacial score (nSPS) is 11.6. The first-order valence-corrected chi connectivity index (χ1v) is 21.7. The molecule has 65 heavy (non-hydrogen) atoms. The second-order valence-electron chi connectivity index (χ2n) is 16.4. The zero-order valence-electron chi connectivity index (χ0n) is 34.9. The summed E-state index contributed by atoms with van der Waals surface area (Å²) in [5, 5.41) is 4.21. The van der Waals surface area contributed by atoms with Crippen LogP contribution in [-0.4, -0.2) is 9.97 Å². The minimum atomic E-state index is 0. The maximum Gasteiger partial charge on any atom is 2.00 e. The van der Waals surface area contributed by atoms with Gasteiger partial charge in [-0.05, 0) is 66.1 Å². The Morgan fingerprint density at radius 2 is 0.431 bits per heavy atom. The zero-order chi connectivity index (χ0) is 42.1. The van der Waals surface area contributed by atoms with Gasteiger partial charge in [-0.2, -0.15) is 0 Å². The molecule has 0 spiro atoms. The molecule has 1 aliphatic carbocycles. The maximum atomic E-state index is 5.85. The molecule has 4 heterocycles. The number of benzene rings is 8. The molecule has 4 nitrogen and oxygen atoms in total. The maximum absolute atomic E-state index is 5.85. The average Bonchev–Trinajstić information content (AvgIpc) is 4.14. The van der Waals surface area contributed by atoms with Crippen molar-refractivity contribution in [2.75, 3.05) is 0 Å². The van der Waals surface area contributed by atoms with E-state index in [2.05, 4.69) is 218 Å². The minimum Gasteiger partial charge on any atom is -0.656 e. The van der Waals surface area contributed by atoms with Gasteiger partial charge in [0.25, 0.3) is 0 Å². The Labute approximate surface area is 389 Å². The van der Waals surface area contributed by atoms with Crippen molar-refractivity contribution in [3.63, 3.8) is 0 Å². The van der Waals surface area contributed by atoms with Crippen molar-refractivity contribution in [1.82, 2.24) is 19.9 Å². The van der Waals surface area contributed by atoms with E-state index in [4.69, 9.17) is 19.9 Å². The van der Waals surface area contributed by atoms with Crippen LogP contribution in [0.15, 0.2) is 218 Å². The molecular formula is C60H36N4Pd. The van der Waals surface area contributed by atoms with Crippen LogP contribution in [0.2, 0.25) is 0 Å². The third-order valence-electron chi connectivity index (χ3n) is 12.8. The Morgan fingerprint density at radius 3 is 0.662 bits per heavy atom. The standard InChI is InChI=1S/C60H36N4.Pd/c1-5-21-37(22-6-1)49-53-41-29-13-15-31-43(41)55(61-53)50(38-23-7-2-8-24-38)57-45-33-17-19-35-47(45)59(63-57)52(40-27-11-4-12-28-40)60-48-36-20-18-34-46(48)58(64-60)51(39-25-9-3-10-26-39)56-44-32-16-14-30-42(44)54(49)62-56;/h1-36H;/q-2;+2. The van der Waals surface area contributed by atoms with Crippen LogP contribution in [0.5, 0.6) is 0 Å². The molecule has 0 radical (unpaired) electrons. The fourth-order valence-electron chi connectivity index (χ4n) is 10.00. The average molecular weight is 919 g/mol. The van der Waals surface area contributed by atoms with Crippen LogP contribution in [0.25, 0.3) is 133 Å². The van der Waals surface area contributed by atoms with E-state index in [9.17, 15) is 0 Å². The van der Waals surface area contributed by atoms with Crippen LogP contribution in [0.4, 0.5) is 0 Å². The molecule has 0 amide bonds. The molecule has 0 fully saturated rings. The Hall–Kier alpha value is -7.94. The van der Waals surface area contributed by atoms with Gasteiger partial charge in [-0.1, -0.05) is 218 Å². The van der Waals surface area contributed by atoms with Crippen LogP contribution in [0.3, 0.4) is 0 Å². The number of hydrogen-bond donors (Lipinski definition) is 0. The fraction of sp³-hybridized carbons (Fsp3) is 0. The summed E-state index contributed by atoms with van der Waals surface area (Å²) in [6.45, 7) is 0. The van der Waals surface area contributed by atoms with E-state index >= 15 is 0 Å². The van der Waals surface area contributed by atoms with Crippen LogP contribution < -0.4 is 9.97 Å². The van der Waals surface area contributed by atoms with E-state index in [1.54, 1.807) is 0 Å². The van der Waals surface area contributed by atoms with Gasteiger partial charge in [0, 0.05) is 22.3 Å². The van der Waals surface area contributed by atoms with Crippen molar-refractivity contribution >= 4 is 43.6 Å². The number of hydrogen-bond acceptors (Lipinski definition) is 2. The van der Waals surface area contributed by atoms with Crippen LogP contribution in [0, 0.1) is 0 Å². The summed E-state index contributed by atoms with van der Waals surface area (Å²) in [5.41, 5.74) is 19.2. The van der Waals surface area contributed by atoms with Gasteiger partial charge in [-0.25, -0.2) is 9.97 Å². The smallest absolute Gasteiger partial charge is 0.656 e. The third-order valence-corrected chi connectivity index (χ3v) is 12.8. The molecule has 2 aromatic heterocycles. The zero-order valence-corrected chi connectivity index (χ0v) is 36.4. The molecule has 306 valence electrons. The Balaban J connectivity index is 0.00000444. The second-order valence-corrected chi connectivity index (χ2v) is 16.4. The number of aromatic nitrogens is 4. The summed E-state index contributed by atoms with van der Waals surface area (Å²) in [7, 11) is 0. The number of rotatable bonds is 4. The van der Waals surface area contributed by atoms with Crippen LogP contribution in [-0.2, 0) is 20.4 Å². The van der Waals surface area contributed by atoms with Gasteiger partial charge in [0.2, 0.25) is 0 Å². The van der Waals surface area contributed by atoms with E-state index in [1.165, 1.54) is 0 Å². The second kappa shape index (κ2) is 15.7. The van der Waals surface area contributed by atoms with Crippen molar-refractivity contribution in [3.8, 4) is 89.5 Å². The molecule has 0 atom stereocenters. The fourth-order valence-corrected chi connectivity index (χ4v) is 10.00. The molecule has 10 aromatic rings. The van der Waals surface area contributed by atoms with Gasteiger partial charge in [0.05, 0.1) is 22.8 Å². The van der Waals surface area contributed by atoms with E-state index in [-0.39, 0.29) is 20.4 Å². The van der Waals surface area contributed by atoms with Gasteiger partial charge in [0.1, 0.15) is 0 Å². The van der Waals surface area contributed by atoms with Crippen molar-refractivity contribution in [2.45, 2.75) is 0 Å². The summed E-state index contributed by atoms with van der Waals surface area (Å²) in [4.78, 5) is 23.4. The summed E-state index contributed by atoms with van der Waals surface area (Å²) in [5.74, 6) is 0. The summed E-state index contributed by atoms with van der Waals surface area (Å²) in [6, 6.07) is 77.2. The Bertz CT molecular complexity index is 3320. The van der Waals surface area contributed by atoms with Gasteiger partial charge >= 0.3 is 20.4 Å². The largest absolute Gasteiger partial charge is 2.00 e. The molecule has 0 N–H and O–H groups in total. The van der Waals surface area contributed by atoms with Gasteiger partial charge in [0.15, 0.2) is 0 Å². The molecule has 5 heteroatoms. The van der Waals surface area contributed by atoms with Crippen LogP contribution >= 0.6 is 0 Å². The van der Waals surface area contributed by atoms with Crippen LogP contribution in [0.1, 0.15) is 0 Å². The predicted octanol–water partition coefficient (Wildman–Crippen LogP) is 15.2. The van der Waals surface area contributed by atoms with Crippen molar-refractivity contribution < 1.29 is 20.4 Å². The molecule has 0 saturated carbocycles. The van der Waals surface area contributed by atoms with E-state index in [0.717, 1.165) is 133 Å². The molecule has 0 saturated heterocycles. The Kier molecular flexibility index (Phi) is 9.35. The molecule has 3 aliphatic rings. The Morgan fingerprint density at radius 1 is 0.231 bits per heavy atom. The predicted molar refractivity (Wildman–Crippen MR) is 265 cm³/mol. The quantitative estimate of drug-likeness (QED) is 0.165. The van der Waals surface area contributed by atoms with Crippen molar-refractivity contribution in [2.24, 2.45) is 0 Å². The summed E-state index contributed by atoms with van der Waals surface area (Å²) in [6.07, 6.45) is 0. The first-order chi connectivity index (χ1) is 31.8. The van der Waals surface area contributed by atoms with E-state index < -0.39 is 0 Å². The first kappa shape index (κ1) is 38.7. The topological polar surface area (TPSA) is 54.0 Å². The van der Waals surface area contributed by atoms with Crippen molar-refractivity contribution in [1.29, 1.82) is 0 Å². The number of nitrogens with zero attached hydrogens (tertiary/aromatic N) is 4. The third kappa shape index (κ3) is 6.09. The van der Waals surface area contributed by atoms with E-state index in [1.807, 2.05) is 0 Å². The van der Waals surface area contributed by atoms with Gasteiger partial charge in [-0.15, -0.1) is 22.1 Å². The first-order valence-electron chi connectivity index (χ1n) is 21.7. The van der Waals surface area contributed by atoms with Gasteiger partial charge in [-0.3, -0.25) is 0 Å². The summed E-state index contributed by atoms with van der Waals surface area (Å²) < 4.78 is 0. The van der Waals surface area contributed by atoms with E-state index in [0.29, 0.717) is 0 Å². The minimum absolute atomic E-state index is 0. The van der Waals surface area contributed by atoms with Crippen molar-refractivity contribution in [3.05, 3.63) is 218 Å². The SMILES string of the molecule is [Pd+2].c1ccc(-c2c3nc(c(-c4ccccc4)c4[n-]c(c(-c5ccccc5)c5nc(c(-c6ccccc6)c6[n-]c2c2ccccc62)-c2ccccc2-5)c2ccccc42)-c2ccccc2-3)cc1. The monoisotopic (exact) mass is 918 g/mol. The molecule has 13 rings (SSSR count). The summed E-state index contributed by atoms with van der Waals surface area (Å²) >= 11 is 0. The van der Waals surface area contributed by atoms with Gasteiger partial charge < -0.3 is 9.97 Å². The molecular weight excluding hydrogens is 883 g/mol. The molecule has 8 aromatic carbocycles.